The highest BCUT2D eigenvalue weighted by Gasteiger charge is 2.19. The number of hydrogen-bond donors (Lipinski definition) is 0. The molecule has 0 aliphatic rings. The van der Waals surface area contributed by atoms with Crippen molar-refractivity contribution in [3.63, 3.8) is 0 Å². The number of hydrogen-bond acceptors (Lipinski definition) is 6. The molecule has 0 N–H and O–H groups in total. The molecule has 0 rings (SSSR count). The maximum Gasteiger partial charge on any atom is 0.306 e. The van der Waals surface area contributed by atoms with Gasteiger partial charge in [-0.15, -0.1) is 0 Å². The standard InChI is InChI=1S/C53H94O6/c1-4-7-10-13-16-19-22-24-26-28-31-33-36-39-42-45-51(54)57-48-50(59-53(56)47-44-41-38-35-30-21-18-15-12-9-6-3)49-58-52(55)46-43-40-37-34-32-29-27-25-23-20-17-14-11-8-5-2/h16,19-20,23-24,26,31,33,50H,4-15,17-18,21-22,25,27-30,32,34-49H2,1-3H3/b19-16-,23-20-,26-24-,33-31-/t50-/m1/s1. The molecule has 6 heteroatoms. The SMILES string of the molecule is CCCCC/C=C\C/C=C\C/C=C\CCCCC(=O)OC[C@H](COC(=O)CCCCCCCCC/C=C\CCCCCC)OC(=O)CCCCCCCCCCCCC. The Labute approximate surface area is 365 Å². The fourth-order valence-electron chi connectivity index (χ4n) is 6.97. The van der Waals surface area contributed by atoms with Crippen molar-refractivity contribution in [1.82, 2.24) is 0 Å². The molecule has 0 saturated carbocycles. The Morgan fingerprint density at radius 3 is 1.05 bits per heavy atom. The third-order valence-corrected chi connectivity index (χ3v) is 10.8. The van der Waals surface area contributed by atoms with Crippen LogP contribution in [0, 0.1) is 0 Å². The first-order valence-electron chi connectivity index (χ1n) is 25.1. The van der Waals surface area contributed by atoms with Gasteiger partial charge in [-0.25, -0.2) is 0 Å². The summed E-state index contributed by atoms with van der Waals surface area (Å²) in [6.07, 6.45) is 56.6. The number of rotatable bonds is 45. The molecular weight excluding hydrogens is 733 g/mol. The monoisotopic (exact) mass is 827 g/mol. The van der Waals surface area contributed by atoms with Crippen LogP contribution in [0.1, 0.15) is 252 Å². The lowest BCUT2D eigenvalue weighted by Gasteiger charge is -2.18. The first kappa shape index (κ1) is 56.4. The average Bonchev–Trinajstić information content (AvgIpc) is 3.23. The summed E-state index contributed by atoms with van der Waals surface area (Å²) in [6.45, 7) is 6.56. The van der Waals surface area contributed by atoms with Gasteiger partial charge < -0.3 is 14.2 Å². The molecular formula is C53H94O6. The van der Waals surface area contributed by atoms with Crippen molar-refractivity contribution >= 4 is 17.9 Å². The Bertz CT molecular complexity index is 1040. The molecule has 0 aliphatic heterocycles. The van der Waals surface area contributed by atoms with Gasteiger partial charge in [-0.3, -0.25) is 14.4 Å². The van der Waals surface area contributed by atoms with Crippen molar-refractivity contribution in [3.05, 3.63) is 48.6 Å². The van der Waals surface area contributed by atoms with Crippen molar-refractivity contribution in [2.75, 3.05) is 13.2 Å². The normalized spacial score (nSPS) is 12.4. The molecule has 0 unspecified atom stereocenters. The van der Waals surface area contributed by atoms with Crippen LogP contribution in [0.3, 0.4) is 0 Å². The van der Waals surface area contributed by atoms with Crippen LogP contribution in [0.5, 0.6) is 0 Å². The lowest BCUT2D eigenvalue weighted by Crippen LogP contribution is -2.30. The van der Waals surface area contributed by atoms with Gasteiger partial charge in [0.1, 0.15) is 13.2 Å². The fourth-order valence-corrected chi connectivity index (χ4v) is 6.97. The van der Waals surface area contributed by atoms with Gasteiger partial charge in [-0.05, 0) is 83.5 Å². The van der Waals surface area contributed by atoms with Crippen LogP contribution in [0.15, 0.2) is 48.6 Å². The van der Waals surface area contributed by atoms with Gasteiger partial charge in [-0.1, -0.05) is 198 Å². The van der Waals surface area contributed by atoms with Crippen molar-refractivity contribution in [2.24, 2.45) is 0 Å². The van der Waals surface area contributed by atoms with Crippen molar-refractivity contribution in [2.45, 2.75) is 258 Å². The van der Waals surface area contributed by atoms with E-state index in [1.807, 2.05) is 0 Å². The molecule has 0 spiro atoms. The van der Waals surface area contributed by atoms with E-state index in [2.05, 4.69) is 69.4 Å². The lowest BCUT2D eigenvalue weighted by atomic mass is 10.1. The van der Waals surface area contributed by atoms with E-state index in [1.54, 1.807) is 0 Å². The zero-order valence-electron chi connectivity index (χ0n) is 39.0. The lowest BCUT2D eigenvalue weighted by molar-refractivity contribution is -0.167. The molecule has 0 fully saturated rings. The summed E-state index contributed by atoms with van der Waals surface area (Å²) in [7, 11) is 0. The van der Waals surface area contributed by atoms with E-state index in [0.29, 0.717) is 19.3 Å². The van der Waals surface area contributed by atoms with Crippen LogP contribution in [-0.2, 0) is 28.6 Å². The number of allylic oxidation sites excluding steroid dienone is 8. The quantitative estimate of drug-likeness (QED) is 0.0263. The van der Waals surface area contributed by atoms with Gasteiger partial charge >= 0.3 is 17.9 Å². The van der Waals surface area contributed by atoms with E-state index in [1.165, 1.54) is 141 Å². The average molecular weight is 827 g/mol. The van der Waals surface area contributed by atoms with Crippen LogP contribution in [0.4, 0.5) is 0 Å². The number of carbonyl (C=O) groups is 3. The smallest absolute Gasteiger partial charge is 0.306 e. The second kappa shape index (κ2) is 48.0. The minimum atomic E-state index is -0.786. The van der Waals surface area contributed by atoms with Crippen LogP contribution in [0.2, 0.25) is 0 Å². The minimum Gasteiger partial charge on any atom is -0.462 e. The zero-order valence-corrected chi connectivity index (χ0v) is 39.0. The van der Waals surface area contributed by atoms with Crippen LogP contribution in [-0.4, -0.2) is 37.2 Å². The number of ether oxygens (including phenoxy) is 3. The van der Waals surface area contributed by atoms with Gasteiger partial charge in [-0.2, -0.15) is 0 Å². The summed E-state index contributed by atoms with van der Waals surface area (Å²) in [5, 5.41) is 0. The summed E-state index contributed by atoms with van der Waals surface area (Å²) in [5.41, 5.74) is 0. The molecule has 0 saturated heterocycles. The molecule has 0 radical (unpaired) electrons. The zero-order chi connectivity index (χ0) is 43.0. The Kier molecular flexibility index (Phi) is 45.9. The molecule has 342 valence electrons. The molecule has 0 amide bonds. The minimum absolute atomic E-state index is 0.0855. The van der Waals surface area contributed by atoms with Crippen LogP contribution in [0.25, 0.3) is 0 Å². The van der Waals surface area contributed by atoms with Gasteiger partial charge in [0.2, 0.25) is 0 Å². The largest absolute Gasteiger partial charge is 0.462 e. The topological polar surface area (TPSA) is 78.9 Å². The summed E-state index contributed by atoms with van der Waals surface area (Å²) >= 11 is 0. The van der Waals surface area contributed by atoms with Gasteiger partial charge in [0.25, 0.3) is 0 Å². The number of carbonyl (C=O) groups excluding carboxylic acids is 3. The maximum absolute atomic E-state index is 12.7. The van der Waals surface area contributed by atoms with E-state index in [9.17, 15) is 14.4 Å². The fraction of sp³-hybridized carbons (Fsp3) is 0.792. The molecule has 0 bridgehead atoms. The summed E-state index contributed by atoms with van der Waals surface area (Å²) in [4.78, 5) is 37.9. The first-order chi connectivity index (χ1) is 29.0. The second-order valence-electron chi connectivity index (χ2n) is 16.7. The second-order valence-corrected chi connectivity index (χ2v) is 16.7. The summed E-state index contributed by atoms with van der Waals surface area (Å²) in [5.74, 6) is -0.925. The molecule has 0 aromatic heterocycles. The van der Waals surface area contributed by atoms with E-state index in [4.69, 9.17) is 14.2 Å². The van der Waals surface area contributed by atoms with E-state index in [-0.39, 0.29) is 31.1 Å². The molecule has 59 heavy (non-hydrogen) atoms. The van der Waals surface area contributed by atoms with Gasteiger partial charge in [0.05, 0.1) is 0 Å². The van der Waals surface area contributed by atoms with E-state index in [0.717, 1.165) is 70.6 Å². The summed E-state index contributed by atoms with van der Waals surface area (Å²) in [6, 6.07) is 0. The molecule has 1 atom stereocenters. The van der Waals surface area contributed by atoms with E-state index < -0.39 is 6.10 Å². The molecule has 0 aromatic rings. The van der Waals surface area contributed by atoms with Gasteiger partial charge in [0.15, 0.2) is 6.10 Å². The Hall–Kier alpha value is -2.63. The molecule has 6 nitrogen and oxygen atoms in total. The molecule has 0 aliphatic carbocycles. The van der Waals surface area contributed by atoms with Gasteiger partial charge in [0, 0.05) is 19.3 Å². The van der Waals surface area contributed by atoms with Crippen molar-refractivity contribution in [1.29, 1.82) is 0 Å². The third kappa shape index (κ3) is 46.3. The Morgan fingerprint density at radius 2 is 0.610 bits per heavy atom. The Morgan fingerprint density at radius 1 is 0.339 bits per heavy atom. The van der Waals surface area contributed by atoms with E-state index >= 15 is 0 Å². The van der Waals surface area contributed by atoms with Crippen molar-refractivity contribution < 1.29 is 28.6 Å². The number of esters is 3. The maximum atomic E-state index is 12.7. The highest BCUT2D eigenvalue weighted by atomic mass is 16.6. The number of unbranched alkanes of at least 4 members (excludes halogenated alkanes) is 26. The third-order valence-electron chi connectivity index (χ3n) is 10.8. The highest BCUT2D eigenvalue weighted by Crippen LogP contribution is 2.14. The molecule has 0 aromatic carbocycles. The predicted octanol–water partition coefficient (Wildman–Crippen LogP) is 16.3. The van der Waals surface area contributed by atoms with Crippen molar-refractivity contribution in [3.8, 4) is 0 Å². The first-order valence-corrected chi connectivity index (χ1v) is 25.1. The van der Waals surface area contributed by atoms with Crippen LogP contribution >= 0.6 is 0 Å². The predicted molar refractivity (Wildman–Crippen MR) is 252 cm³/mol. The van der Waals surface area contributed by atoms with Crippen LogP contribution < -0.4 is 0 Å². The Balaban J connectivity index is 4.41. The highest BCUT2D eigenvalue weighted by molar-refractivity contribution is 5.71. The molecule has 0 heterocycles. The summed E-state index contributed by atoms with van der Waals surface area (Å²) < 4.78 is 16.7.